The van der Waals surface area contributed by atoms with Gasteiger partial charge in [0, 0.05) is 5.92 Å². The molecule has 0 unspecified atom stereocenters. The van der Waals surface area contributed by atoms with Gasteiger partial charge in [0.05, 0.1) is 6.04 Å². The molecule has 0 aliphatic heterocycles. The number of Topliss-reactive ketones (excluding diaryl/α,β-unsaturated/α-hetero) is 1. The molecule has 8 heteroatoms. The maximum Gasteiger partial charge on any atom is 0.344 e. The number of nitrogens with one attached hydrogen (secondary N) is 1. The fourth-order valence-corrected chi connectivity index (χ4v) is 9.25. The zero-order chi connectivity index (χ0) is 28.8. The lowest BCUT2D eigenvalue weighted by Gasteiger charge is -2.62. The third kappa shape index (κ3) is 5.77. The Kier molecular flexibility index (Phi) is 8.57. The minimum Gasteiger partial charge on any atom is -0.457 e. The Hall–Kier alpha value is -1.96. The summed E-state index contributed by atoms with van der Waals surface area (Å²) >= 11 is 0. The molecule has 8 nitrogen and oxygen atoms in total. The average molecular weight is 547 g/mol. The number of fused-ring (bicyclic) bond motifs is 5. The Bertz CT molecular complexity index is 982. The van der Waals surface area contributed by atoms with Gasteiger partial charge < -0.3 is 20.5 Å². The minimum atomic E-state index is -0.705. The van der Waals surface area contributed by atoms with Crippen LogP contribution in [0.3, 0.4) is 0 Å². The van der Waals surface area contributed by atoms with E-state index in [0.29, 0.717) is 29.5 Å². The molecular formula is C31H50N2O6. The first-order chi connectivity index (χ1) is 18.2. The van der Waals surface area contributed by atoms with Crippen LogP contribution < -0.4 is 11.1 Å². The van der Waals surface area contributed by atoms with E-state index in [0.717, 1.165) is 38.5 Å². The third-order valence-corrected chi connectivity index (χ3v) is 11.6. The number of amides is 1. The van der Waals surface area contributed by atoms with Crippen molar-refractivity contribution in [1.82, 2.24) is 5.32 Å². The predicted molar refractivity (Wildman–Crippen MR) is 147 cm³/mol. The molecule has 9 atom stereocenters. The highest BCUT2D eigenvalue weighted by atomic mass is 16.6. The van der Waals surface area contributed by atoms with Crippen LogP contribution in [0.15, 0.2) is 0 Å². The van der Waals surface area contributed by atoms with Crippen molar-refractivity contribution in [3.63, 3.8) is 0 Å². The zero-order valence-corrected chi connectivity index (χ0v) is 24.8. The smallest absolute Gasteiger partial charge is 0.344 e. The van der Waals surface area contributed by atoms with Gasteiger partial charge in [-0.2, -0.15) is 0 Å². The Morgan fingerprint density at radius 1 is 0.897 bits per heavy atom. The van der Waals surface area contributed by atoms with Crippen LogP contribution in [-0.4, -0.2) is 48.4 Å². The largest absolute Gasteiger partial charge is 0.457 e. The van der Waals surface area contributed by atoms with Gasteiger partial charge in [0.2, 0.25) is 5.91 Å². The maximum absolute atomic E-state index is 12.6. The number of carbonyl (C=O) groups is 4. The van der Waals surface area contributed by atoms with Gasteiger partial charge in [-0.15, -0.1) is 0 Å². The van der Waals surface area contributed by atoms with E-state index >= 15 is 0 Å². The highest BCUT2D eigenvalue weighted by Gasteiger charge is 2.61. The van der Waals surface area contributed by atoms with Crippen molar-refractivity contribution in [2.75, 3.05) is 13.2 Å². The molecule has 0 saturated heterocycles. The molecule has 0 aromatic carbocycles. The van der Waals surface area contributed by atoms with Crippen molar-refractivity contribution in [2.24, 2.45) is 52.1 Å². The lowest BCUT2D eigenvalue weighted by Crippen LogP contribution is -2.56. The Morgan fingerprint density at radius 3 is 2.26 bits per heavy atom. The van der Waals surface area contributed by atoms with Crippen LogP contribution in [0.2, 0.25) is 0 Å². The first-order valence-electron chi connectivity index (χ1n) is 15.1. The summed E-state index contributed by atoms with van der Waals surface area (Å²) in [6, 6.07) is -0.705. The van der Waals surface area contributed by atoms with E-state index in [1.165, 1.54) is 19.3 Å². The summed E-state index contributed by atoms with van der Waals surface area (Å²) in [4.78, 5) is 49.0. The molecule has 4 aliphatic carbocycles. The van der Waals surface area contributed by atoms with E-state index in [4.69, 9.17) is 15.2 Å². The van der Waals surface area contributed by atoms with E-state index in [1.54, 1.807) is 6.92 Å². The van der Waals surface area contributed by atoms with E-state index in [1.807, 2.05) is 20.8 Å². The van der Waals surface area contributed by atoms with Gasteiger partial charge in [-0.25, -0.2) is 4.79 Å². The second-order valence-electron chi connectivity index (χ2n) is 14.2. The summed E-state index contributed by atoms with van der Waals surface area (Å²) in [5.74, 6) is 1.37. The average Bonchev–Trinajstić information content (AvgIpc) is 3.23. The Morgan fingerprint density at radius 2 is 1.59 bits per heavy atom. The number of hydrogen-bond donors (Lipinski definition) is 2. The molecule has 4 fully saturated rings. The van der Waals surface area contributed by atoms with Crippen LogP contribution in [0.5, 0.6) is 0 Å². The molecule has 39 heavy (non-hydrogen) atoms. The van der Waals surface area contributed by atoms with Crippen LogP contribution in [0.4, 0.5) is 0 Å². The van der Waals surface area contributed by atoms with E-state index in [2.05, 4.69) is 19.2 Å². The Balaban J connectivity index is 1.29. The molecule has 220 valence electrons. The van der Waals surface area contributed by atoms with Crippen LogP contribution in [0.25, 0.3) is 0 Å². The number of carbonyl (C=O) groups excluding carboxylic acids is 4. The summed E-state index contributed by atoms with van der Waals surface area (Å²) < 4.78 is 11.0. The van der Waals surface area contributed by atoms with Gasteiger partial charge in [-0.1, -0.05) is 27.7 Å². The van der Waals surface area contributed by atoms with E-state index < -0.39 is 36.1 Å². The highest BCUT2D eigenvalue weighted by molar-refractivity contribution is 5.86. The van der Waals surface area contributed by atoms with Crippen molar-refractivity contribution < 1.29 is 28.7 Å². The monoisotopic (exact) mass is 546 g/mol. The van der Waals surface area contributed by atoms with Crippen molar-refractivity contribution in [3.8, 4) is 0 Å². The molecule has 4 saturated carbocycles. The highest BCUT2D eigenvalue weighted by Crippen LogP contribution is 2.68. The summed E-state index contributed by atoms with van der Waals surface area (Å²) in [5.41, 5.74) is 5.59. The first kappa shape index (κ1) is 30.0. The molecule has 3 N–H and O–H groups in total. The normalized spacial score (nSPS) is 40.1. The quantitative estimate of drug-likeness (QED) is 0.438. The summed E-state index contributed by atoms with van der Waals surface area (Å²) in [7, 11) is 0. The fraction of sp³-hybridized carbons (Fsp3) is 0.871. The topological polar surface area (TPSA) is 125 Å². The van der Waals surface area contributed by atoms with Gasteiger partial charge in [-0.3, -0.25) is 14.4 Å². The van der Waals surface area contributed by atoms with Crippen LogP contribution in [0, 0.1) is 46.3 Å². The molecular weight excluding hydrogens is 496 g/mol. The summed E-state index contributed by atoms with van der Waals surface area (Å²) in [6.07, 6.45) is 9.55. The van der Waals surface area contributed by atoms with Crippen molar-refractivity contribution >= 4 is 23.6 Å². The third-order valence-electron chi connectivity index (χ3n) is 11.6. The van der Waals surface area contributed by atoms with Crippen molar-refractivity contribution in [3.05, 3.63) is 0 Å². The van der Waals surface area contributed by atoms with E-state index in [-0.39, 0.29) is 29.2 Å². The zero-order valence-electron chi connectivity index (χ0n) is 24.8. The lowest BCUT2D eigenvalue weighted by atomic mass is 9.44. The van der Waals surface area contributed by atoms with Gasteiger partial charge >= 0.3 is 11.9 Å². The fourth-order valence-electron chi connectivity index (χ4n) is 9.25. The first-order valence-corrected chi connectivity index (χ1v) is 15.1. The minimum absolute atomic E-state index is 0.0516. The number of ketones is 1. The maximum atomic E-state index is 12.6. The van der Waals surface area contributed by atoms with Crippen molar-refractivity contribution in [2.45, 2.75) is 111 Å². The molecule has 0 heterocycles. The van der Waals surface area contributed by atoms with Crippen LogP contribution >= 0.6 is 0 Å². The number of nitrogens with two attached hydrogens (primary N) is 1. The molecule has 1 amide bonds. The number of rotatable bonds is 8. The number of ether oxygens (including phenoxy) is 2. The van der Waals surface area contributed by atoms with Gasteiger partial charge in [0.15, 0.2) is 6.61 Å². The molecule has 4 rings (SSSR count). The lowest BCUT2D eigenvalue weighted by molar-refractivity contribution is -0.186. The molecule has 0 radical (unpaired) electrons. The number of esters is 2. The molecule has 0 aromatic rings. The van der Waals surface area contributed by atoms with Gasteiger partial charge in [0.1, 0.15) is 17.9 Å². The second-order valence-corrected chi connectivity index (χ2v) is 14.2. The second kappa shape index (κ2) is 11.1. The van der Waals surface area contributed by atoms with Crippen molar-refractivity contribution in [1.29, 1.82) is 0 Å². The van der Waals surface area contributed by atoms with Gasteiger partial charge in [-0.05, 0) is 112 Å². The SMILES string of the molecule is CC(=O)[C@H]1CC[C@H]2[C@@H]3CC[C@H]4C[C@](C)(OC(=O)COC(=O)CNC(=O)[C@@H](N)C(C)C)CC[C@]4(C)[C@H]3CC[C@]12C. The molecule has 4 aliphatic rings. The van der Waals surface area contributed by atoms with Crippen LogP contribution in [0.1, 0.15) is 99.3 Å². The molecule has 0 aromatic heterocycles. The summed E-state index contributed by atoms with van der Waals surface area (Å²) in [5, 5.41) is 2.45. The van der Waals surface area contributed by atoms with Gasteiger partial charge in [0.25, 0.3) is 0 Å². The number of hydrogen-bond acceptors (Lipinski definition) is 7. The Labute approximate surface area is 233 Å². The standard InChI is InChI=1S/C31H50N2O6/c1-18(2)27(32)28(37)33-16-25(35)38-17-26(36)39-29(4)13-14-30(5)20(15-29)7-8-21-23-10-9-22(19(3)34)31(23,6)12-11-24(21)30/h18,20-24,27H,7-17,32H2,1-6H3,(H,33,37)/t20-,21-,22+,23-,24-,27-,29+,30-,31+/m0/s1. The molecule has 0 spiro atoms. The molecule has 0 bridgehead atoms. The predicted octanol–water partition coefficient (Wildman–Crippen LogP) is 4.18. The van der Waals surface area contributed by atoms with Crippen LogP contribution in [-0.2, 0) is 28.7 Å². The summed E-state index contributed by atoms with van der Waals surface area (Å²) in [6.45, 7) is 11.5. The van der Waals surface area contributed by atoms with E-state index in [9.17, 15) is 19.2 Å².